The Morgan fingerprint density at radius 3 is 2.67 bits per heavy atom. The van der Waals surface area contributed by atoms with Crippen molar-refractivity contribution in [1.29, 1.82) is 0 Å². The third-order valence-corrected chi connectivity index (χ3v) is 0.469. The minimum Gasteiger partial charge on any atom is -0.163 e. The van der Waals surface area contributed by atoms with Gasteiger partial charge in [0.15, 0.2) is 0 Å². The van der Waals surface area contributed by atoms with E-state index >= 15 is 0 Å². The highest BCUT2D eigenvalue weighted by molar-refractivity contribution is 5.90. The predicted octanol–water partition coefficient (Wildman–Crippen LogP) is 0.519. The molecular formula is C3H3N3. The average Bonchev–Trinajstić information content (AvgIpc) is 1.86. The van der Waals surface area contributed by atoms with Gasteiger partial charge in [0.2, 0.25) is 0 Å². The third-order valence-electron chi connectivity index (χ3n) is 0.469. The van der Waals surface area contributed by atoms with Crippen molar-refractivity contribution >= 4 is 5.71 Å². The van der Waals surface area contributed by atoms with Crippen molar-refractivity contribution in [2.24, 2.45) is 15.4 Å². The van der Waals surface area contributed by atoms with Crippen molar-refractivity contribution in [3.05, 3.63) is 6.92 Å². The van der Waals surface area contributed by atoms with Crippen molar-refractivity contribution in [3.8, 4) is 0 Å². The van der Waals surface area contributed by atoms with E-state index in [2.05, 4.69) is 15.4 Å². The molecule has 3 heteroatoms. The summed E-state index contributed by atoms with van der Waals surface area (Å²) in [6.07, 6.45) is 0. The van der Waals surface area contributed by atoms with Gasteiger partial charge in [-0.1, -0.05) is 0 Å². The molecule has 0 saturated heterocycles. The Kier molecular flexibility index (Phi) is 0.670. The highest BCUT2D eigenvalue weighted by Gasteiger charge is 1.91. The number of hydrogen-bond acceptors (Lipinski definition) is 3. The molecular weight excluding hydrogens is 78.1 g/mol. The zero-order chi connectivity index (χ0) is 4.41. The van der Waals surface area contributed by atoms with Gasteiger partial charge in [-0.3, -0.25) is 0 Å². The van der Waals surface area contributed by atoms with Crippen molar-refractivity contribution in [2.45, 2.75) is 0 Å². The van der Waals surface area contributed by atoms with E-state index in [0.29, 0.717) is 12.3 Å². The first-order chi connectivity index (χ1) is 2.89. The van der Waals surface area contributed by atoms with Crippen LogP contribution in [0.15, 0.2) is 15.4 Å². The van der Waals surface area contributed by atoms with Gasteiger partial charge in [0.1, 0.15) is 6.54 Å². The van der Waals surface area contributed by atoms with E-state index in [0.717, 1.165) is 0 Å². The molecule has 0 unspecified atom stereocenters. The van der Waals surface area contributed by atoms with Crippen LogP contribution in [-0.2, 0) is 0 Å². The Bertz CT molecular complexity index is 103. The summed E-state index contributed by atoms with van der Waals surface area (Å²) in [5.74, 6) is 0. The van der Waals surface area contributed by atoms with Gasteiger partial charge in [-0.25, -0.2) is 0 Å². The summed E-state index contributed by atoms with van der Waals surface area (Å²) < 4.78 is 0. The van der Waals surface area contributed by atoms with E-state index in [9.17, 15) is 0 Å². The molecule has 0 amide bonds. The van der Waals surface area contributed by atoms with Gasteiger partial charge in [-0.05, 0) is 5.22 Å². The van der Waals surface area contributed by atoms with Gasteiger partial charge in [-0.2, -0.15) is 5.11 Å². The third kappa shape index (κ3) is 0.429. The lowest BCUT2D eigenvalue weighted by molar-refractivity contribution is 1.06. The van der Waals surface area contributed by atoms with Gasteiger partial charge in [0.05, 0.1) is 5.71 Å². The van der Waals surface area contributed by atoms with E-state index in [-0.39, 0.29) is 0 Å². The summed E-state index contributed by atoms with van der Waals surface area (Å²) >= 11 is 0. The lowest BCUT2D eigenvalue weighted by Gasteiger charge is -1.70. The van der Waals surface area contributed by atoms with Crippen molar-refractivity contribution in [1.82, 2.24) is 0 Å². The molecule has 1 aliphatic heterocycles. The maximum absolute atomic E-state index is 5.10. The fraction of sp³-hybridized carbons (Fsp3) is 0.333. The zero-order valence-corrected chi connectivity index (χ0v) is 3.13. The van der Waals surface area contributed by atoms with E-state index in [1.54, 1.807) is 0 Å². The molecule has 1 rings (SSSR count). The molecule has 0 saturated carbocycles. The zero-order valence-electron chi connectivity index (χ0n) is 3.13. The predicted molar refractivity (Wildman–Crippen MR) is 21.5 cm³/mol. The van der Waals surface area contributed by atoms with E-state index in [4.69, 9.17) is 6.92 Å². The normalized spacial score (nSPS) is 18.5. The number of rotatable bonds is 0. The summed E-state index contributed by atoms with van der Waals surface area (Å²) in [5, 5.41) is 10.1. The highest BCUT2D eigenvalue weighted by atomic mass is 15.4. The minimum atomic E-state index is 0.472. The van der Waals surface area contributed by atoms with E-state index < -0.39 is 0 Å². The maximum Gasteiger partial charge on any atom is 0.103 e. The average molecular weight is 81.1 g/mol. The first-order valence-electron chi connectivity index (χ1n) is 1.58. The molecule has 0 fully saturated rings. The molecule has 2 radical (unpaired) electrons. The monoisotopic (exact) mass is 81.0 g/mol. The SMILES string of the molecule is [CH]C1=NN=NC1. The standard InChI is InChI=1S/C3H3N3/c1-3-2-4-6-5-3/h1H,2H2. The topological polar surface area (TPSA) is 37.1 Å². The van der Waals surface area contributed by atoms with Crippen LogP contribution in [0.4, 0.5) is 0 Å². The Morgan fingerprint density at radius 2 is 2.50 bits per heavy atom. The molecule has 6 heavy (non-hydrogen) atoms. The molecule has 30 valence electrons. The molecule has 0 atom stereocenters. The van der Waals surface area contributed by atoms with Crippen LogP contribution >= 0.6 is 0 Å². The van der Waals surface area contributed by atoms with Gasteiger partial charge in [0, 0.05) is 6.92 Å². The van der Waals surface area contributed by atoms with Crippen LogP contribution in [0.3, 0.4) is 0 Å². The summed E-state index contributed by atoms with van der Waals surface area (Å²) in [4.78, 5) is 0. The second kappa shape index (κ2) is 1.16. The molecule has 1 heterocycles. The van der Waals surface area contributed by atoms with E-state index in [1.165, 1.54) is 0 Å². The van der Waals surface area contributed by atoms with Crippen molar-refractivity contribution < 1.29 is 0 Å². The quantitative estimate of drug-likeness (QED) is 0.407. The Balaban J connectivity index is 2.61. The van der Waals surface area contributed by atoms with Crippen LogP contribution in [0.5, 0.6) is 0 Å². The molecule has 1 aliphatic rings. The molecule has 0 aromatic carbocycles. The van der Waals surface area contributed by atoms with Crippen LogP contribution in [0, 0.1) is 6.92 Å². The molecule has 0 aliphatic carbocycles. The largest absolute Gasteiger partial charge is 0.163 e. The fourth-order valence-corrected chi connectivity index (χ4v) is 0.225. The smallest absolute Gasteiger partial charge is 0.103 e. The Hall–Kier alpha value is -0.730. The molecule has 0 aromatic rings. The second-order valence-corrected chi connectivity index (χ2v) is 0.980. The molecule has 3 nitrogen and oxygen atoms in total. The van der Waals surface area contributed by atoms with Crippen LogP contribution in [0.2, 0.25) is 0 Å². The van der Waals surface area contributed by atoms with Crippen LogP contribution < -0.4 is 0 Å². The number of nitrogens with zero attached hydrogens (tertiary/aromatic N) is 3. The first-order valence-corrected chi connectivity index (χ1v) is 1.58. The molecule has 0 spiro atoms. The summed E-state index contributed by atoms with van der Waals surface area (Å²) in [6, 6.07) is 0. The van der Waals surface area contributed by atoms with Crippen LogP contribution in [-0.4, -0.2) is 12.3 Å². The van der Waals surface area contributed by atoms with Gasteiger partial charge in [0.25, 0.3) is 0 Å². The van der Waals surface area contributed by atoms with Crippen molar-refractivity contribution in [3.63, 3.8) is 0 Å². The second-order valence-electron chi connectivity index (χ2n) is 0.980. The molecule has 0 N–H and O–H groups in total. The lowest BCUT2D eigenvalue weighted by Crippen LogP contribution is -1.88. The van der Waals surface area contributed by atoms with Crippen LogP contribution in [0.1, 0.15) is 0 Å². The lowest BCUT2D eigenvalue weighted by atomic mass is 10.4. The minimum absolute atomic E-state index is 0.472. The van der Waals surface area contributed by atoms with Crippen LogP contribution in [0.25, 0.3) is 0 Å². The molecule has 0 aromatic heterocycles. The van der Waals surface area contributed by atoms with Gasteiger partial charge in [-0.15, -0.1) is 5.10 Å². The Labute approximate surface area is 35.8 Å². The van der Waals surface area contributed by atoms with Gasteiger partial charge < -0.3 is 0 Å². The Morgan fingerprint density at radius 1 is 1.67 bits per heavy atom. The van der Waals surface area contributed by atoms with E-state index in [1.807, 2.05) is 0 Å². The summed E-state index contributed by atoms with van der Waals surface area (Å²) in [7, 11) is 0. The first kappa shape index (κ1) is 3.46. The maximum atomic E-state index is 5.10. The highest BCUT2D eigenvalue weighted by Crippen LogP contribution is 1.89. The fourth-order valence-electron chi connectivity index (χ4n) is 0.225. The molecule has 0 bridgehead atoms. The van der Waals surface area contributed by atoms with Crippen molar-refractivity contribution in [2.75, 3.05) is 6.54 Å². The number of hydrogen-bond donors (Lipinski definition) is 0. The summed E-state index contributed by atoms with van der Waals surface area (Å²) in [5.41, 5.74) is 0.495. The summed E-state index contributed by atoms with van der Waals surface area (Å²) in [6.45, 7) is 5.57. The van der Waals surface area contributed by atoms with Gasteiger partial charge >= 0.3 is 0 Å².